The fourth-order valence-corrected chi connectivity index (χ4v) is 4.98. The number of imidazole rings is 1. The number of para-hydroxylation sites is 3. The summed E-state index contributed by atoms with van der Waals surface area (Å²) in [6.07, 6.45) is 1.11. The summed E-state index contributed by atoms with van der Waals surface area (Å²) in [5, 5.41) is 4.18. The first-order chi connectivity index (χ1) is 19.2. The molecule has 0 atom stereocenters. The van der Waals surface area contributed by atoms with Crippen LogP contribution in [0.3, 0.4) is 0 Å². The molecule has 0 fully saturated rings. The Hall–Kier alpha value is -4.55. The minimum absolute atomic E-state index is 0.101. The minimum atomic E-state index is -3.36. The minimum Gasteiger partial charge on any atom is -0.465 e. The Morgan fingerprint density at radius 1 is 1.02 bits per heavy atom. The first kappa shape index (κ1) is 27.0. The van der Waals surface area contributed by atoms with Crippen molar-refractivity contribution < 1.29 is 27.6 Å². The number of fused-ring (bicyclic) bond motifs is 2. The van der Waals surface area contributed by atoms with E-state index in [9.17, 15) is 18.0 Å². The van der Waals surface area contributed by atoms with E-state index < -0.39 is 16.0 Å². The number of rotatable bonds is 10. The quantitative estimate of drug-likeness (QED) is 0.233. The van der Waals surface area contributed by atoms with Gasteiger partial charge in [-0.3, -0.25) is 9.69 Å². The molecule has 0 saturated heterocycles. The molecule has 0 bridgehead atoms. The van der Waals surface area contributed by atoms with Crippen LogP contribution in [0, 0.1) is 0 Å². The Balaban J connectivity index is 1.37. The summed E-state index contributed by atoms with van der Waals surface area (Å²) in [6, 6.07) is 21.6. The summed E-state index contributed by atoms with van der Waals surface area (Å²) in [6.45, 7) is 0.768. The van der Waals surface area contributed by atoms with Crippen LogP contribution in [0.25, 0.3) is 11.0 Å². The normalized spacial score (nSPS) is 14.1. The van der Waals surface area contributed by atoms with Gasteiger partial charge in [-0.05, 0) is 35.9 Å². The Morgan fingerprint density at radius 3 is 2.50 bits per heavy atom. The number of amides is 1. The highest BCUT2D eigenvalue weighted by molar-refractivity contribution is 7.88. The largest absolute Gasteiger partial charge is 0.465 e. The number of methoxy groups -OCH3 is 1. The fourth-order valence-electron chi connectivity index (χ4n) is 4.51. The Kier molecular flexibility index (Phi) is 7.63. The molecule has 2 heterocycles. The molecule has 40 heavy (non-hydrogen) atoms. The lowest BCUT2D eigenvalue weighted by molar-refractivity contribution is -0.112. The summed E-state index contributed by atoms with van der Waals surface area (Å²) in [5.41, 5.74) is 4.24. The van der Waals surface area contributed by atoms with Gasteiger partial charge in [-0.2, -0.15) is 0 Å². The lowest BCUT2D eigenvalue weighted by Crippen LogP contribution is -2.32. The molecule has 206 valence electrons. The van der Waals surface area contributed by atoms with Crippen LogP contribution in [-0.4, -0.2) is 55.5 Å². The van der Waals surface area contributed by atoms with Crippen LogP contribution < -0.4 is 9.62 Å². The van der Waals surface area contributed by atoms with Crippen LogP contribution in [0.15, 0.2) is 78.0 Å². The summed E-state index contributed by atoms with van der Waals surface area (Å²) in [7, 11) is -2.04. The van der Waals surface area contributed by atoms with Gasteiger partial charge in [0.2, 0.25) is 10.0 Å². The van der Waals surface area contributed by atoms with Gasteiger partial charge in [0.1, 0.15) is 12.4 Å². The van der Waals surface area contributed by atoms with Crippen molar-refractivity contribution in [3.8, 4) is 0 Å². The summed E-state index contributed by atoms with van der Waals surface area (Å²) < 4.78 is 32.3. The van der Waals surface area contributed by atoms with E-state index in [1.165, 1.54) is 7.11 Å². The molecule has 0 radical (unpaired) electrons. The van der Waals surface area contributed by atoms with Gasteiger partial charge in [-0.1, -0.05) is 47.6 Å². The number of nitrogens with zero attached hydrogens (tertiary/aromatic N) is 4. The molecule has 1 aromatic heterocycles. The van der Waals surface area contributed by atoms with Crippen LogP contribution in [0.4, 0.5) is 5.69 Å². The van der Waals surface area contributed by atoms with Crippen molar-refractivity contribution in [3.63, 3.8) is 0 Å². The molecule has 3 aromatic carbocycles. The number of oxime groups is 1. The van der Waals surface area contributed by atoms with E-state index in [0.29, 0.717) is 29.2 Å². The van der Waals surface area contributed by atoms with Crippen LogP contribution in [0.1, 0.15) is 27.3 Å². The number of benzene rings is 3. The van der Waals surface area contributed by atoms with E-state index in [1.807, 2.05) is 47.0 Å². The van der Waals surface area contributed by atoms with Gasteiger partial charge >= 0.3 is 5.97 Å². The van der Waals surface area contributed by atoms with Crippen LogP contribution in [0.5, 0.6) is 0 Å². The average molecular weight is 562 g/mol. The molecule has 0 unspecified atom stereocenters. The number of sulfonamides is 1. The van der Waals surface area contributed by atoms with Gasteiger partial charge in [0, 0.05) is 18.7 Å². The zero-order chi connectivity index (χ0) is 28.3. The number of hydrogen-bond donors (Lipinski definition) is 1. The Labute approximate surface area is 231 Å². The highest BCUT2D eigenvalue weighted by atomic mass is 32.2. The fraction of sp³-hybridized carbons (Fsp3) is 0.214. The van der Waals surface area contributed by atoms with Crippen molar-refractivity contribution >= 4 is 44.3 Å². The molecule has 5 rings (SSSR count). The summed E-state index contributed by atoms with van der Waals surface area (Å²) in [5.74, 6) is -0.163. The van der Waals surface area contributed by atoms with Gasteiger partial charge in [-0.15, -0.1) is 0 Å². The number of anilines is 1. The molecular weight excluding hydrogens is 534 g/mol. The molecule has 12 heteroatoms. The molecule has 11 nitrogen and oxygen atoms in total. The van der Waals surface area contributed by atoms with E-state index in [1.54, 1.807) is 35.2 Å². The highest BCUT2D eigenvalue weighted by Crippen LogP contribution is 2.31. The van der Waals surface area contributed by atoms with Gasteiger partial charge in [0.15, 0.2) is 5.71 Å². The molecule has 1 aliphatic heterocycles. The molecule has 0 saturated carbocycles. The van der Waals surface area contributed by atoms with Crippen molar-refractivity contribution in [2.45, 2.75) is 19.7 Å². The molecular formula is C28H27N5O6S. The van der Waals surface area contributed by atoms with Crippen LogP contribution in [-0.2, 0) is 44.1 Å². The Bertz CT molecular complexity index is 1710. The Morgan fingerprint density at radius 2 is 1.75 bits per heavy atom. The lowest BCUT2D eigenvalue weighted by Gasteiger charge is -2.18. The highest BCUT2D eigenvalue weighted by Gasteiger charge is 2.35. The van der Waals surface area contributed by atoms with Gasteiger partial charge in [0.25, 0.3) is 5.91 Å². The standard InChI is InChI=1S/C28H27N5O6S/c1-38-28(35)20-13-11-19(12-14-20)18-39-31-26-21-7-3-5-9-23(21)33(27(26)34)17-25-30-22-8-4-6-10-24(22)32(25)16-15-29-40(2,36)37/h3-14,29H,15-18H2,1-2H3/b31-26+. The van der Waals surface area contributed by atoms with Crippen LogP contribution >= 0.6 is 0 Å². The number of ether oxygens (including phenoxy) is 1. The van der Waals surface area contributed by atoms with E-state index in [-0.39, 0.29) is 31.3 Å². The zero-order valence-electron chi connectivity index (χ0n) is 21.9. The molecule has 4 aromatic rings. The van der Waals surface area contributed by atoms with E-state index in [4.69, 9.17) is 14.6 Å². The van der Waals surface area contributed by atoms with Gasteiger partial charge < -0.3 is 14.1 Å². The molecule has 1 N–H and O–H groups in total. The SMILES string of the molecule is COC(=O)c1ccc(CO/N=C2/C(=O)N(Cc3nc4ccccc4n3CCNS(C)(=O)=O)c3ccccc32)cc1. The molecule has 0 aliphatic carbocycles. The predicted octanol–water partition coefficient (Wildman–Crippen LogP) is 2.84. The first-order valence-corrected chi connectivity index (χ1v) is 14.3. The lowest BCUT2D eigenvalue weighted by atomic mass is 10.1. The van der Waals surface area contributed by atoms with E-state index >= 15 is 0 Å². The second-order valence-corrected chi connectivity index (χ2v) is 11.0. The summed E-state index contributed by atoms with van der Waals surface area (Å²) >= 11 is 0. The second kappa shape index (κ2) is 11.3. The zero-order valence-corrected chi connectivity index (χ0v) is 22.7. The van der Waals surface area contributed by atoms with Gasteiger partial charge in [-0.25, -0.2) is 22.9 Å². The number of esters is 1. The topological polar surface area (TPSA) is 132 Å². The maximum atomic E-state index is 13.6. The average Bonchev–Trinajstić information content (AvgIpc) is 3.42. The second-order valence-electron chi connectivity index (χ2n) is 9.15. The third kappa shape index (κ3) is 5.72. The van der Waals surface area contributed by atoms with Crippen molar-refractivity contribution in [3.05, 3.63) is 95.3 Å². The smallest absolute Gasteiger partial charge is 0.337 e. The van der Waals surface area contributed by atoms with Crippen molar-refractivity contribution in [2.24, 2.45) is 5.16 Å². The maximum Gasteiger partial charge on any atom is 0.337 e. The number of nitrogens with one attached hydrogen (secondary N) is 1. The van der Waals surface area contributed by atoms with Crippen molar-refractivity contribution in [2.75, 3.05) is 24.8 Å². The van der Waals surface area contributed by atoms with E-state index in [2.05, 4.69) is 9.88 Å². The number of hydrogen-bond acceptors (Lipinski definition) is 8. The van der Waals surface area contributed by atoms with E-state index in [0.717, 1.165) is 22.9 Å². The molecule has 1 aliphatic rings. The maximum absolute atomic E-state index is 13.6. The third-order valence-electron chi connectivity index (χ3n) is 6.39. The van der Waals surface area contributed by atoms with Crippen molar-refractivity contribution in [1.29, 1.82) is 0 Å². The first-order valence-electron chi connectivity index (χ1n) is 12.4. The van der Waals surface area contributed by atoms with Crippen molar-refractivity contribution in [1.82, 2.24) is 14.3 Å². The predicted molar refractivity (Wildman–Crippen MR) is 149 cm³/mol. The monoisotopic (exact) mass is 561 g/mol. The summed E-state index contributed by atoms with van der Waals surface area (Å²) in [4.78, 5) is 37.1. The molecule has 0 spiro atoms. The van der Waals surface area contributed by atoms with Gasteiger partial charge in [0.05, 0.1) is 42.2 Å². The number of carbonyl (C=O) groups is 2. The number of carbonyl (C=O) groups excluding carboxylic acids is 2. The number of aromatic nitrogens is 2. The molecule has 1 amide bonds. The van der Waals surface area contributed by atoms with Crippen LogP contribution in [0.2, 0.25) is 0 Å². The third-order valence-corrected chi connectivity index (χ3v) is 7.12.